The molecule has 5 atom stereocenters. The second kappa shape index (κ2) is 9.67. The molecular weight excluding hydrogens is 500 g/mol. The Kier molecular flexibility index (Phi) is 6.75. The fraction of sp³-hybridized carbons (Fsp3) is 0.304. The number of phenols is 3. The molecule has 1 unspecified atom stereocenters. The van der Waals surface area contributed by atoms with Gasteiger partial charge < -0.3 is 59.1 Å². The summed E-state index contributed by atoms with van der Waals surface area (Å²) in [6, 6.07) is 4.36. The average molecular weight is 522 g/mol. The number of aromatic hydroxyl groups is 3. The van der Waals surface area contributed by atoms with Gasteiger partial charge in [-0.25, -0.2) is 4.79 Å². The number of hydrogen-bond acceptors (Lipinski definition) is 13. The summed E-state index contributed by atoms with van der Waals surface area (Å²) in [6.07, 6.45) is -10.1. The van der Waals surface area contributed by atoms with Crippen molar-refractivity contribution < 1.29 is 63.9 Å². The van der Waals surface area contributed by atoms with Crippen molar-refractivity contribution in [2.24, 2.45) is 0 Å². The number of methoxy groups -OCH3 is 2. The van der Waals surface area contributed by atoms with Crippen LogP contribution in [0.5, 0.6) is 34.5 Å². The molecule has 14 nitrogen and oxygen atoms in total. The zero-order valence-corrected chi connectivity index (χ0v) is 19.2. The molecule has 2 heterocycles. The highest BCUT2D eigenvalue weighted by molar-refractivity contribution is 5.88. The molecule has 0 bridgehead atoms. The average Bonchev–Trinajstić information content (AvgIpc) is 2.85. The molecule has 0 aliphatic carbocycles. The number of carbonyl (C=O) groups is 1. The molecule has 1 fully saturated rings. The van der Waals surface area contributed by atoms with Crippen molar-refractivity contribution in [3.8, 4) is 45.8 Å². The van der Waals surface area contributed by atoms with Crippen molar-refractivity contribution in [1.29, 1.82) is 0 Å². The molecule has 0 saturated carbocycles. The fourth-order valence-electron chi connectivity index (χ4n) is 3.86. The van der Waals surface area contributed by atoms with Gasteiger partial charge in [0.2, 0.25) is 23.2 Å². The minimum Gasteiger partial charge on any atom is -0.508 e. The number of aliphatic hydroxyl groups excluding tert-OH is 3. The van der Waals surface area contributed by atoms with E-state index in [0.29, 0.717) is 0 Å². The molecule has 14 heteroatoms. The summed E-state index contributed by atoms with van der Waals surface area (Å²) in [5, 5.41) is 69.7. The third-order valence-electron chi connectivity index (χ3n) is 5.71. The molecule has 1 aliphatic heterocycles. The first-order valence-corrected chi connectivity index (χ1v) is 10.6. The SMILES string of the molecule is COc1cc(-c2oc3cc(O)cc(O)c3c(=O)c2OC2O[C@H](C(=O)O)[C@@H](O)[C@H](O)[C@H]2O)cc(OC)c1O. The Morgan fingerprint density at radius 2 is 1.54 bits per heavy atom. The van der Waals surface area contributed by atoms with Gasteiger partial charge in [-0.3, -0.25) is 4.79 Å². The Bertz CT molecular complexity index is 1390. The zero-order chi connectivity index (χ0) is 27.2. The van der Waals surface area contributed by atoms with Crippen molar-refractivity contribution in [2.45, 2.75) is 30.7 Å². The molecule has 3 aromatic rings. The normalized spacial score (nSPS) is 23.5. The molecule has 1 aromatic heterocycles. The van der Waals surface area contributed by atoms with Gasteiger partial charge in [-0.05, 0) is 12.1 Å². The van der Waals surface area contributed by atoms with E-state index >= 15 is 0 Å². The van der Waals surface area contributed by atoms with E-state index in [1.807, 2.05) is 0 Å². The van der Waals surface area contributed by atoms with Gasteiger partial charge in [0.25, 0.3) is 0 Å². The van der Waals surface area contributed by atoms with Crippen LogP contribution < -0.4 is 19.6 Å². The van der Waals surface area contributed by atoms with Crippen LogP contribution in [0.4, 0.5) is 0 Å². The van der Waals surface area contributed by atoms with Crippen LogP contribution in [0.25, 0.3) is 22.3 Å². The quantitative estimate of drug-likeness (QED) is 0.224. The monoisotopic (exact) mass is 522 g/mol. The van der Waals surface area contributed by atoms with Gasteiger partial charge >= 0.3 is 5.97 Å². The third kappa shape index (κ3) is 4.42. The molecule has 37 heavy (non-hydrogen) atoms. The van der Waals surface area contributed by atoms with Crippen molar-refractivity contribution in [3.05, 3.63) is 34.5 Å². The Morgan fingerprint density at radius 3 is 2.11 bits per heavy atom. The van der Waals surface area contributed by atoms with Crippen LogP contribution in [0, 0.1) is 0 Å². The van der Waals surface area contributed by atoms with Crippen LogP contribution in [-0.4, -0.2) is 86.6 Å². The Morgan fingerprint density at radius 1 is 0.919 bits per heavy atom. The lowest BCUT2D eigenvalue weighted by atomic mass is 9.99. The highest BCUT2D eigenvalue weighted by atomic mass is 16.7. The van der Waals surface area contributed by atoms with E-state index in [9.17, 15) is 45.3 Å². The van der Waals surface area contributed by atoms with Crippen LogP contribution in [0.2, 0.25) is 0 Å². The second-order valence-corrected chi connectivity index (χ2v) is 8.01. The number of carboxylic acids is 1. The van der Waals surface area contributed by atoms with Crippen LogP contribution in [0.3, 0.4) is 0 Å². The van der Waals surface area contributed by atoms with Gasteiger partial charge in [-0.1, -0.05) is 0 Å². The fourth-order valence-corrected chi connectivity index (χ4v) is 3.86. The Balaban J connectivity index is 1.96. The van der Waals surface area contributed by atoms with E-state index in [1.54, 1.807) is 0 Å². The summed E-state index contributed by atoms with van der Waals surface area (Å²) >= 11 is 0. The lowest BCUT2D eigenvalue weighted by Gasteiger charge is -2.38. The van der Waals surface area contributed by atoms with Gasteiger partial charge in [-0.15, -0.1) is 0 Å². The second-order valence-electron chi connectivity index (χ2n) is 8.01. The van der Waals surface area contributed by atoms with Gasteiger partial charge in [0.1, 0.15) is 40.8 Å². The number of carboxylic acid groups (broad SMARTS) is 1. The molecule has 0 spiro atoms. The molecule has 4 rings (SSSR count). The first kappa shape index (κ1) is 25.8. The lowest BCUT2D eigenvalue weighted by molar-refractivity contribution is -0.271. The topological polar surface area (TPSA) is 226 Å². The molecule has 1 aliphatic rings. The maximum Gasteiger partial charge on any atom is 0.335 e. The molecule has 198 valence electrons. The number of fused-ring (bicyclic) bond motifs is 1. The highest BCUT2D eigenvalue weighted by Gasteiger charge is 2.48. The van der Waals surface area contributed by atoms with Crippen LogP contribution in [-0.2, 0) is 9.53 Å². The Labute approximate surface area is 206 Å². The van der Waals surface area contributed by atoms with Crippen molar-refractivity contribution in [2.75, 3.05) is 14.2 Å². The van der Waals surface area contributed by atoms with Crippen molar-refractivity contribution in [1.82, 2.24) is 0 Å². The minimum atomic E-state index is -2.03. The molecule has 0 radical (unpaired) electrons. The summed E-state index contributed by atoms with van der Waals surface area (Å²) < 4.78 is 26.6. The number of aliphatic hydroxyl groups is 3. The molecule has 1 saturated heterocycles. The molecular formula is C23H22O14. The van der Waals surface area contributed by atoms with Gasteiger partial charge in [0.05, 0.1) is 14.2 Å². The zero-order valence-electron chi connectivity index (χ0n) is 19.2. The molecule has 0 amide bonds. The van der Waals surface area contributed by atoms with E-state index in [2.05, 4.69) is 0 Å². The van der Waals surface area contributed by atoms with Crippen LogP contribution >= 0.6 is 0 Å². The van der Waals surface area contributed by atoms with E-state index in [1.165, 1.54) is 26.4 Å². The van der Waals surface area contributed by atoms with E-state index in [-0.39, 0.29) is 28.4 Å². The summed E-state index contributed by atoms with van der Waals surface area (Å²) in [7, 11) is 2.49. The number of aliphatic carboxylic acids is 1. The third-order valence-corrected chi connectivity index (χ3v) is 5.71. The summed E-state index contributed by atoms with van der Waals surface area (Å²) in [6.45, 7) is 0. The highest BCUT2D eigenvalue weighted by Crippen LogP contribution is 2.44. The smallest absolute Gasteiger partial charge is 0.335 e. The number of benzene rings is 2. The maximum atomic E-state index is 13.5. The number of rotatable bonds is 6. The van der Waals surface area contributed by atoms with E-state index in [4.69, 9.17) is 23.4 Å². The maximum absolute atomic E-state index is 13.5. The van der Waals surface area contributed by atoms with Crippen molar-refractivity contribution >= 4 is 16.9 Å². The van der Waals surface area contributed by atoms with Crippen LogP contribution in [0.15, 0.2) is 33.5 Å². The van der Waals surface area contributed by atoms with Gasteiger partial charge in [0.15, 0.2) is 23.4 Å². The molecule has 7 N–H and O–H groups in total. The number of ether oxygens (including phenoxy) is 4. The van der Waals surface area contributed by atoms with Crippen LogP contribution in [0.1, 0.15) is 0 Å². The van der Waals surface area contributed by atoms with Gasteiger partial charge in [0, 0.05) is 17.7 Å². The van der Waals surface area contributed by atoms with Crippen molar-refractivity contribution in [3.63, 3.8) is 0 Å². The lowest BCUT2D eigenvalue weighted by Crippen LogP contribution is -2.61. The predicted molar refractivity (Wildman–Crippen MR) is 121 cm³/mol. The van der Waals surface area contributed by atoms with Gasteiger partial charge in [-0.2, -0.15) is 0 Å². The predicted octanol–water partition coefficient (Wildman–Crippen LogP) is -0.135. The minimum absolute atomic E-state index is 0.00370. The van der Waals surface area contributed by atoms with E-state index in [0.717, 1.165) is 12.1 Å². The number of phenolic OH excluding ortho intramolecular Hbond substituents is 3. The van der Waals surface area contributed by atoms with E-state index < -0.39 is 70.5 Å². The Hall–Kier alpha value is -4.24. The molecule has 2 aromatic carbocycles. The summed E-state index contributed by atoms with van der Waals surface area (Å²) in [5.74, 6) is -4.55. The largest absolute Gasteiger partial charge is 0.508 e. The first-order chi connectivity index (χ1) is 17.5. The summed E-state index contributed by atoms with van der Waals surface area (Å²) in [5.41, 5.74) is -1.33. The standard InChI is InChI=1S/C23H22O14/c1-33-11-3-7(4-12(34-2)14(11)26)19-20(15(27)13-9(25)5-8(24)6-10(13)35-19)36-23-18(30)16(28)17(29)21(37-23)22(31)32/h3-6,16-18,21,23-26,28-30H,1-2H3,(H,31,32)/t16-,17-,18+,21-,23?/m0/s1. The number of hydrogen-bond donors (Lipinski definition) is 7. The summed E-state index contributed by atoms with van der Waals surface area (Å²) in [4.78, 5) is 24.9. The first-order valence-electron chi connectivity index (χ1n) is 10.6.